The molecule has 0 atom stereocenters. The number of hydrogen-bond acceptors (Lipinski definition) is 4. The molecule has 0 spiro atoms. The number of amides is 1. The van der Waals surface area contributed by atoms with Gasteiger partial charge < -0.3 is 4.74 Å². The van der Waals surface area contributed by atoms with Gasteiger partial charge in [0.2, 0.25) is 0 Å². The Balaban J connectivity index is 1.66. The van der Waals surface area contributed by atoms with Gasteiger partial charge in [-0.3, -0.25) is 9.21 Å². The van der Waals surface area contributed by atoms with Crippen molar-refractivity contribution in [1.82, 2.24) is 0 Å². The average molecular weight is 372 g/mol. The Labute approximate surface area is 153 Å². The summed E-state index contributed by atoms with van der Waals surface area (Å²) in [6, 6.07) is 12.3. The molecule has 2 aromatic carbocycles. The van der Waals surface area contributed by atoms with Crippen molar-refractivity contribution in [3.63, 3.8) is 0 Å². The predicted molar refractivity (Wildman–Crippen MR) is 99.2 cm³/mol. The Kier molecular flexibility index (Phi) is 4.11. The molecule has 0 aromatic heterocycles. The van der Waals surface area contributed by atoms with E-state index in [1.54, 1.807) is 24.3 Å². The Bertz CT molecular complexity index is 954. The zero-order valence-corrected chi connectivity index (χ0v) is 15.3. The van der Waals surface area contributed by atoms with Crippen molar-refractivity contribution >= 4 is 27.5 Å². The summed E-state index contributed by atoms with van der Waals surface area (Å²) < 4.78 is 32.7. The first kappa shape index (κ1) is 16.9. The number of nitrogens with zero attached hydrogens (tertiary/aromatic N) is 2. The molecule has 0 saturated carbocycles. The van der Waals surface area contributed by atoms with Crippen molar-refractivity contribution < 1.29 is 17.9 Å². The molecule has 0 aliphatic carbocycles. The third-order valence-electron chi connectivity index (χ3n) is 4.81. The van der Waals surface area contributed by atoms with Gasteiger partial charge >= 0.3 is 6.09 Å². The number of rotatable bonds is 3. The zero-order valence-electron chi connectivity index (χ0n) is 14.5. The topological polar surface area (TPSA) is 66.9 Å². The lowest BCUT2D eigenvalue weighted by molar-refractivity contribution is 0.181. The van der Waals surface area contributed by atoms with Gasteiger partial charge in [-0.25, -0.2) is 13.2 Å². The van der Waals surface area contributed by atoms with Gasteiger partial charge in [-0.1, -0.05) is 17.7 Å². The zero-order chi connectivity index (χ0) is 18.3. The molecule has 2 heterocycles. The molecular weight excluding hydrogens is 352 g/mol. The second-order valence-corrected chi connectivity index (χ2v) is 8.44. The van der Waals surface area contributed by atoms with Crippen LogP contribution in [0.25, 0.3) is 0 Å². The normalized spacial score (nSPS) is 17.2. The predicted octanol–water partition coefficient (Wildman–Crippen LogP) is 3.09. The fourth-order valence-corrected chi connectivity index (χ4v) is 5.04. The maximum Gasteiger partial charge on any atom is 0.414 e. The summed E-state index contributed by atoms with van der Waals surface area (Å²) in [6.07, 6.45) is 1.29. The fourth-order valence-electron chi connectivity index (χ4n) is 3.49. The molecule has 0 unspecified atom stereocenters. The van der Waals surface area contributed by atoms with E-state index in [1.807, 2.05) is 19.1 Å². The molecule has 1 fully saturated rings. The molecule has 2 aromatic rings. The van der Waals surface area contributed by atoms with Crippen LogP contribution in [0.3, 0.4) is 0 Å². The Morgan fingerprint density at radius 2 is 1.81 bits per heavy atom. The standard InChI is InChI=1S/C19H20N2O4S/c1-14-4-9-18-15(13-14)3-2-10-21(18)26(23,24)17-7-5-16(6-8-17)20-11-12-25-19(20)22/h4-9,13H,2-3,10-12H2,1H3. The van der Waals surface area contributed by atoms with E-state index in [-0.39, 0.29) is 4.90 Å². The van der Waals surface area contributed by atoms with E-state index < -0.39 is 16.1 Å². The van der Waals surface area contributed by atoms with Crippen LogP contribution in [0, 0.1) is 6.92 Å². The third-order valence-corrected chi connectivity index (χ3v) is 6.64. The summed E-state index contributed by atoms with van der Waals surface area (Å²) in [4.78, 5) is 13.4. The van der Waals surface area contributed by atoms with E-state index in [2.05, 4.69) is 6.07 Å². The Hall–Kier alpha value is -2.54. The van der Waals surface area contributed by atoms with E-state index in [1.165, 1.54) is 9.21 Å². The summed E-state index contributed by atoms with van der Waals surface area (Å²) in [7, 11) is -3.64. The molecule has 2 aliphatic rings. The highest BCUT2D eigenvalue weighted by atomic mass is 32.2. The van der Waals surface area contributed by atoms with Crippen molar-refractivity contribution in [2.45, 2.75) is 24.7 Å². The van der Waals surface area contributed by atoms with Crippen LogP contribution in [-0.2, 0) is 21.2 Å². The van der Waals surface area contributed by atoms with Gasteiger partial charge in [0, 0.05) is 12.2 Å². The number of hydrogen-bond donors (Lipinski definition) is 0. The molecule has 4 rings (SSSR count). The number of benzene rings is 2. The Morgan fingerprint density at radius 1 is 1.04 bits per heavy atom. The summed E-state index contributed by atoms with van der Waals surface area (Å²) in [5.74, 6) is 0. The molecule has 0 N–H and O–H groups in total. The van der Waals surface area contributed by atoms with Gasteiger partial charge in [0.15, 0.2) is 0 Å². The summed E-state index contributed by atoms with van der Waals surface area (Å²) in [5.41, 5.74) is 3.59. The molecular formula is C19H20N2O4S. The minimum absolute atomic E-state index is 0.224. The van der Waals surface area contributed by atoms with Crippen molar-refractivity contribution in [3.05, 3.63) is 53.6 Å². The highest BCUT2D eigenvalue weighted by Gasteiger charge is 2.30. The largest absolute Gasteiger partial charge is 0.447 e. The van der Waals surface area contributed by atoms with Gasteiger partial charge in [-0.15, -0.1) is 0 Å². The van der Waals surface area contributed by atoms with Crippen molar-refractivity contribution in [2.24, 2.45) is 0 Å². The molecule has 136 valence electrons. The van der Waals surface area contributed by atoms with Gasteiger partial charge in [-0.05, 0) is 55.7 Å². The average Bonchev–Trinajstić information content (AvgIpc) is 3.07. The van der Waals surface area contributed by atoms with Crippen molar-refractivity contribution in [3.8, 4) is 0 Å². The van der Waals surface area contributed by atoms with Crippen molar-refractivity contribution in [1.29, 1.82) is 0 Å². The first-order valence-corrected chi connectivity index (χ1v) is 10.1. The number of ether oxygens (including phenoxy) is 1. The van der Waals surface area contributed by atoms with Gasteiger partial charge in [-0.2, -0.15) is 0 Å². The minimum atomic E-state index is -3.64. The van der Waals surface area contributed by atoms with E-state index >= 15 is 0 Å². The van der Waals surface area contributed by atoms with Crippen LogP contribution in [0.15, 0.2) is 47.4 Å². The molecule has 7 heteroatoms. The quantitative estimate of drug-likeness (QED) is 0.830. The number of sulfonamides is 1. The first-order chi connectivity index (χ1) is 12.5. The highest BCUT2D eigenvalue weighted by molar-refractivity contribution is 7.92. The smallest absolute Gasteiger partial charge is 0.414 e. The third kappa shape index (κ3) is 2.82. The number of carbonyl (C=O) groups excluding carboxylic acids is 1. The first-order valence-electron chi connectivity index (χ1n) is 8.63. The van der Waals surface area contributed by atoms with Crippen LogP contribution >= 0.6 is 0 Å². The Morgan fingerprint density at radius 3 is 2.50 bits per heavy atom. The summed E-state index contributed by atoms with van der Waals surface area (Å²) in [5, 5.41) is 0. The fraction of sp³-hybridized carbons (Fsp3) is 0.316. The SMILES string of the molecule is Cc1ccc2c(c1)CCCN2S(=O)(=O)c1ccc(N2CCOC2=O)cc1. The molecule has 0 radical (unpaired) electrons. The number of carbonyl (C=O) groups is 1. The number of anilines is 2. The van der Waals surface area contributed by atoms with E-state index in [9.17, 15) is 13.2 Å². The lowest BCUT2D eigenvalue weighted by Crippen LogP contribution is -2.35. The van der Waals surface area contributed by atoms with Crippen LogP contribution in [0.5, 0.6) is 0 Å². The van der Waals surface area contributed by atoms with E-state index in [0.717, 1.165) is 29.7 Å². The lowest BCUT2D eigenvalue weighted by atomic mass is 10.0. The molecule has 26 heavy (non-hydrogen) atoms. The number of aryl methyl sites for hydroxylation is 2. The van der Waals surface area contributed by atoms with Crippen LogP contribution in [-0.4, -0.2) is 34.2 Å². The van der Waals surface area contributed by atoms with Crippen molar-refractivity contribution in [2.75, 3.05) is 28.9 Å². The lowest BCUT2D eigenvalue weighted by Gasteiger charge is -2.30. The highest BCUT2D eigenvalue weighted by Crippen LogP contribution is 2.33. The van der Waals surface area contributed by atoms with Crippen LogP contribution in [0.2, 0.25) is 0 Å². The maximum absolute atomic E-state index is 13.2. The molecule has 6 nitrogen and oxygen atoms in total. The summed E-state index contributed by atoms with van der Waals surface area (Å²) >= 11 is 0. The molecule has 1 saturated heterocycles. The van der Waals surface area contributed by atoms with Crippen LogP contribution in [0.4, 0.5) is 16.2 Å². The van der Waals surface area contributed by atoms with E-state index in [0.29, 0.717) is 25.4 Å². The second kappa shape index (κ2) is 6.32. The van der Waals surface area contributed by atoms with Gasteiger partial charge in [0.05, 0.1) is 17.1 Å². The van der Waals surface area contributed by atoms with Crippen LogP contribution in [0.1, 0.15) is 17.5 Å². The monoisotopic (exact) mass is 372 g/mol. The summed E-state index contributed by atoms with van der Waals surface area (Å²) in [6.45, 7) is 3.31. The molecule has 2 aliphatic heterocycles. The molecule has 0 bridgehead atoms. The number of cyclic esters (lactones) is 1. The molecule has 1 amide bonds. The van der Waals surface area contributed by atoms with Gasteiger partial charge in [0.1, 0.15) is 6.61 Å². The maximum atomic E-state index is 13.2. The van der Waals surface area contributed by atoms with Crippen LogP contribution < -0.4 is 9.21 Å². The number of fused-ring (bicyclic) bond motifs is 1. The minimum Gasteiger partial charge on any atom is -0.447 e. The van der Waals surface area contributed by atoms with Gasteiger partial charge in [0.25, 0.3) is 10.0 Å². The second-order valence-electron chi connectivity index (χ2n) is 6.57. The van der Waals surface area contributed by atoms with E-state index in [4.69, 9.17) is 4.74 Å².